The first-order chi connectivity index (χ1) is 12.2. The maximum absolute atomic E-state index is 11.3. The Morgan fingerprint density at radius 3 is 2.85 bits per heavy atom. The van der Waals surface area contributed by atoms with Gasteiger partial charge in [-0.3, -0.25) is 9.79 Å². The molecule has 0 unspecified atom stereocenters. The average molecular weight is 470 g/mol. The van der Waals surface area contributed by atoms with E-state index in [0.717, 1.165) is 31.2 Å². The number of aliphatic imine (C=N–C) groups is 1. The Morgan fingerprint density at radius 2 is 2.12 bits per heavy atom. The zero-order valence-electron chi connectivity index (χ0n) is 14.9. The number of nitrogens with one attached hydrogen (secondary N) is 1. The average Bonchev–Trinajstić information content (AvgIpc) is 3.09. The molecular formula is C17H23IN6O2. The monoisotopic (exact) mass is 470 g/mol. The maximum Gasteiger partial charge on any atom is 0.327 e. The van der Waals surface area contributed by atoms with Crippen molar-refractivity contribution in [2.24, 2.45) is 4.99 Å². The minimum Gasteiger partial charge on any atom is -0.468 e. The second-order valence-electron chi connectivity index (χ2n) is 5.82. The lowest BCUT2D eigenvalue weighted by molar-refractivity contribution is -0.141. The van der Waals surface area contributed by atoms with E-state index in [1.165, 1.54) is 22.9 Å². The van der Waals surface area contributed by atoms with Gasteiger partial charge >= 0.3 is 5.97 Å². The van der Waals surface area contributed by atoms with E-state index in [9.17, 15) is 4.79 Å². The van der Waals surface area contributed by atoms with Crippen molar-refractivity contribution in [3.63, 3.8) is 0 Å². The standard InChI is InChI=1S/C17H22N6O2.HI/c1-18-17(22-8-7-13-5-3-4-6-14(13)10-22)19-9-15-11-23(21-20-15)12-16(24)25-2;/h3-6,11H,7-10,12H2,1-2H3,(H,18,19);1H. The summed E-state index contributed by atoms with van der Waals surface area (Å²) in [6, 6.07) is 8.49. The van der Waals surface area contributed by atoms with E-state index in [-0.39, 0.29) is 36.5 Å². The quantitative estimate of drug-likeness (QED) is 0.313. The van der Waals surface area contributed by atoms with Crippen LogP contribution in [-0.2, 0) is 35.6 Å². The summed E-state index contributed by atoms with van der Waals surface area (Å²) in [6.45, 7) is 2.31. The summed E-state index contributed by atoms with van der Waals surface area (Å²) in [5.74, 6) is 0.476. The first-order valence-electron chi connectivity index (χ1n) is 8.18. The van der Waals surface area contributed by atoms with E-state index in [2.05, 4.69) is 54.5 Å². The van der Waals surface area contributed by atoms with Gasteiger partial charge in [0.25, 0.3) is 0 Å². The topological polar surface area (TPSA) is 84.6 Å². The number of hydrogen-bond donors (Lipinski definition) is 1. The number of aromatic nitrogens is 3. The molecule has 0 amide bonds. The minimum atomic E-state index is -0.354. The zero-order valence-corrected chi connectivity index (χ0v) is 17.2. The lowest BCUT2D eigenvalue weighted by Gasteiger charge is -2.31. The molecule has 0 aliphatic carbocycles. The fourth-order valence-electron chi connectivity index (χ4n) is 2.87. The Hall–Kier alpha value is -2.17. The van der Waals surface area contributed by atoms with Crippen molar-refractivity contribution in [3.05, 3.63) is 47.3 Å². The lowest BCUT2D eigenvalue weighted by atomic mass is 10.0. The number of carbonyl (C=O) groups excluding carboxylic acids is 1. The Kier molecular flexibility index (Phi) is 7.37. The van der Waals surface area contributed by atoms with Crippen molar-refractivity contribution in [1.82, 2.24) is 25.2 Å². The number of halogens is 1. The minimum absolute atomic E-state index is 0. The number of benzene rings is 1. The van der Waals surface area contributed by atoms with Crippen LogP contribution in [0.5, 0.6) is 0 Å². The number of hydrogen-bond acceptors (Lipinski definition) is 5. The zero-order chi connectivity index (χ0) is 17.6. The third kappa shape index (κ3) is 4.93. The molecule has 3 rings (SSSR count). The lowest BCUT2D eigenvalue weighted by Crippen LogP contribution is -2.43. The molecule has 1 aliphatic heterocycles. The molecule has 8 nitrogen and oxygen atoms in total. The molecule has 26 heavy (non-hydrogen) atoms. The van der Waals surface area contributed by atoms with Gasteiger partial charge in [0.05, 0.1) is 19.9 Å². The molecule has 0 radical (unpaired) electrons. The highest BCUT2D eigenvalue weighted by Crippen LogP contribution is 2.18. The fourth-order valence-corrected chi connectivity index (χ4v) is 2.87. The second kappa shape index (κ2) is 9.51. The van der Waals surface area contributed by atoms with E-state index in [1.807, 2.05) is 0 Å². The van der Waals surface area contributed by atoms with Gasteiger partial charge < -0.3 is 15.0 Å². The Labute approximate surface area is 169 Å². The highest BCUT2D eigenvalue weighted by atomic mass is 127. The van der Waals surface area contributed by atoms with Crippen LogP contribution in [0.4, 0.5) is 0 Å². The third-order valence-electron chi connectivity index (χ3n) is 4.17. The third-order valence-corrected chi connectivity index (χ3v) is 4.17. The molecule has 0 atom stereocenters. The number of nitrogens with zero attached hydrogens (tertiary/aromatic N) is 5. The van der Waals surface area contributed by atoms with Crippen LogP contribution in [0.25, 0.3) is 0 Å². The molecule has 0 fully saturated rings. The van der Waals surface area contributed by atoms with Gasteiger partial charge in [-0.25, -0.2) is 4.68 Å². The summed E-state index contributed by atoms with van der Waals surface area (Å²) < 4.78 is 6.08. The molecule has 9 heteroatoms. The maximum atomic E-state index is 11.3. The molecule has 2 aromatic rings. The van der Waals surface area contributed by atoms with Gasteiger partial charge in [-0.2, -0.15) is 0 Å². The highest BCUT2D eigenvalue weighted by molar-refractivity contribution is 14.0. The number of fused-ring (bicyclic) bond motifs is 1. The van der Waals surface area contributed by atoms with E-state index >= 15 is 0 Å². The Balaban J connectivity index is 0.00000243. The van der Waals surface area contributed by atoms with Crippen LogP contribution >= 0.6 is 24.0 Å². The number of ether oxygens (including phenoxy) is 1. The predicted molar refractivity (Wildman–Crippen MR) is 108 cm³/mol. The summed E-state index contributed by atoms with van der Waals surface area (Å²) in [5, 5.41) is 11.3. The Bertz CT molecular complexity index is 776. The molecule has 0 saturated heterocycles. The molecule has 0 spiro atoms. The van der Waals surface area contributed by atoms with Gasteiger partial charge in [-0.15, -0.1) is 29.1 Å². The molecule has 0 bridgehead atoms. The summed E-state index contributed by atoms with van der Waals surface area (Å²) in [4.78, 5) is 17.9. The first kappa shape index (κ1) is 20.1. The number of esters is 1. The number of rotatable bonds is 4. The largest absolute Gasteiger partial charge is 0.468 e. The molecular weight excluding hydrogens is 447 g/mol. The van der Waals surface area contributed by atoms with Crippen molar-refractivity contribution < 1.29 is 9.53 Å². The normalized spacial score (nSPS) is 13.6. The summed E-state index contributed by atoms with van der Waals surface area (Å²) in [7, 11) is 3.12. The van der Waals surface area contributed by atoms with Gasteiger partial charge in [0.1, 0.15) is 12.2 Å². The van der Waals surface area contributed by atoms with Crippen LogP contribution in [-0.4, -0.2) is 52.5 Å². The van der Waals surface area contributed by atoms with Crippen molar-refractivity contribution in [3.8, 4) is 0 Å². The van der Waals surface area contributed by atoms with Gasteiger partial charge in [-0.1, -0.05) is 29.5 Å². The van der Waals surface area contributed by atoms with Gasteiger partial charge in [0.2, 0.25) is 0 Å². The molecule has 1 aromatic carbocycles. The molecule has 0 saturated carbocycles. The predicted octanol–water partition coefficient (Wildman–Crippen LogP) is 1.20. The van der Waals surface area contributed by atoms with Crippen LogP contribution in [0.2, 0.25) is 0 Å². The van der Waals surface area contributed by atoms with E-state index < -0.39 is 0 Å². The van der Waals surface area contributed by atoms with Crippen molar-refractivity contribution in [2.75, 3.05) is 20.7 Å². The molecule has 140 valence electrons. The van der Waals surface area contributed by atoms with E-state index in [1.54, 1.807) is 13.2 Å². The molecule has 1 aliphatic rings. The van der Waals surface area contributed by atoms with Gasteiger partial charge in [0, 0.05) is 20.1 Å². The van der Waals surface area contributed by atoms with Crippen LogP contribution in [0.1, 0.15) is 16.8 Å². The number of carbonyl (C=O) groups is 1. The highest BCUT2D eigenvalue weighted by Gasteiger charge is 2.18. The Morgan fingerprint density at radius 1 is 1.35 bits per heavy atom. The van der Waals surface area contributed by atoms with Crippen molar-refractivity contribution >= 4 is 35.9 Å². The fraction of sp³-hybridized carbons (Fsp3) is 0.412. The smallest absolute Gasteiger partial charge is 0.327 e. The van der Waals surface area contributed by atoms with Gasteiger partial charge in [-0.05, 0) is 17.5 Å². The molecule has 1 N–H and O–H groups in total. The van der Waals surface area contributed by atoms with E-state index in [0.29, 0.717) is 6.54 Å². The summed E-state index contributed by atoms with van der Waals surface area (Å²) >= 11 is 0. The van der Waals surface area contributed by atoms with E-state index in [4.69, 9.17) is 0 Å². The second-order valence-corrected chi connectivity index (χ2v) is 5.82. The summed E-state index contributed by atoms with van der Waals surface area (Å²) in [6.07, 6.45) is 2.73. The number of guanidine groups is 1. The van der Waals surface area contributed by atoms with Crippen LogP contribution in [0, 0.1) is 0 Å². The molecule has 1 aromatic heterocycles. The number of methoxy groups -OCH3 is 1. The SMILES string of the molecule is CN=C(NCc1cn(CC(=O)OC)nn1)N1CCc2ccccc2C1.I. The van der Waals surface area contributed by atoms with Crippen LogP contribution in [0.3, 0.4) is 0 Å². The van der Waals surface area contributed by atoms with Crippen molar-refractivity contribution in [1.29, 1.82) is 0 Å². The van der Waals surface area contributed by atoms with Crippen molar-refractivity contribution in [2.45, 2.75) is 26.1 Å². The van der Waals surface area contributed by atoms with Crippen LogP contribution in [0.15, 0.2) is 35.5 Å². The van der Waals surface area contributed by atoms with Gasteiger partial charge in [0.15, 0.2) is 5.96 Å². The first-order valence-corrected chi connectivity index (χ1v) is 8.18. The summed E-state index contributed by atoms with van der Waals surface area (Å²) in [5.41, 5.74) is 3.48. The molecule has 2 heterocycles. The van der Waals surface area contributed by atoms with Crippen LogP contribution < -0.4 is 5.32 Å².